The van der Waals surface area contributed by atoms with Crippen molar-refractivity contribution in [3.05, 3.63) is 47.8 Å². The number of amides is 1. The van der Waals surface area contributed by atoms with Crippen molar-refractivity contribution in [2.45, 2.75) is 31.6 Å². The molecule has 2 heterocycles. The van der Waals surface area contributed by atoms with Crippen LogP contribution < -0.4 is 10.2 Å². The SMILES string of the molecule is CCN(CC)S(=O)(=O)c1ccc(F)c(C(=O)Nc2ccc3nc(N4CCCC4)sc3c2)c1. The second kappa shape index (κ2) is 9.13. The van der Waals surface area contributed by atoms with Crippen molar-refractivity contribution in [1.82, 2.24) is 9.29 Å². The van der Waals surface area contributed by atoms with Gasteiger partial charge in [0.25, 0.3) is 5.91 Å². The normalized spacial score (nSPS) is 14.4. The summed E-state index contributed by atoms with van der Waals surface area (Å²) in [5, 5.41) is 3.64. The van der Waals surface area contributed by atoms with Gasteiger partial charge in [0.15, 0.2) is 5.13 Å². The average molecular weight is 477 g/mol. The van der Waals surface area contributed by atoms with Gasteiger partial charge in [-0.1, -0.05) is 25.2 Å². The van der Waals surface area contributed by atoms with Crippen molar-refractivity contribution in [1.29, 1.82) is 0 Å². The Hall–Kier alpha value is -2.56. The Morgan fingerprint density at radius 1 is 1.16 bits per heavy atom. The quantitative estimate of drug-likeness (QED) is 0.549. The molecule has 2 aromatic carbocycles. The second-order valence-electron chi connectivity index (χ2n) is 7.56. The molecule has 1 fully saturated rings. The van der Waals surface area contributed by atoms with E-state index < -0.39 is 21.7 Å². The molecule has 1 saturated heterocycles. The number of benzene rings is 2. The maximum atomic E-state index is 14.4. The minimum atomic E-state index is -3.81. The molecule has 0 aliphatic carbocycles. The van der Waals surface area contributed by atoms with Crippen LogP contribution in [0.15, 0.2) is 41.3 Å². The molecule has 0 atom stereocenters. The third-order valence-corrected chi connectivity index (χ3v) is 8.66. The standard InChI is InChI=1S/C22H25FN4O3S2/c1-3-27(4-2)32(29,30)16-8-9-18(23)17(14-16)21(28)24-15-7-10-19-20(13-15)31-22(25-19)26-11-5-6-12-26/h7-10,13-14H,3-6,11-12H2,1-2H3,(H,24,28). The van der Waals surface area contributed by atoms with E-state index >= 15 is 0 Å². The summed E-state index contributed by atoms with van der Waals surface area (Å²) in [6, 6.07) is 8.62. The molecule has 3 aromatic rings. The molecule has 1 amide bonds. The molecule has 4 rings (SSSR count). The van der Waals surface area contributed by atoms with Gasteiger partial charge in [-0.3, -0.25) is 4.79 Å². The molecule has 1 aromatic heterocycles. The van der Waals surface area contributed by atoms with E-state index in [2.05, 4.69) is 15.2 Å². The molecule has 10 heteroatoms. The monoisotopic (exact) mass is 476 g/mol. The fourth-order valence-corrected chi connectivity index (χ4v) is 6.33. The van der Waals surface area contributed by atoms with Crippen molar-refractivity contribution in [3.63, 3.8) is 0 Å². The van der Waals surface area contributed by atoms with Crippen LogP contribution in [0.2, 0.25) is 0 Å². The van der Waals surface area contributed by atoms with Gasteiger partial charge in [0.2, 0.25) is 10.0 Å². The van der Waals surface area contributed by atoms with Crippen molar-refractivity contribution in [2.24, 2.45) is 0 Å². The highest BCUT2D eigenvalue weighted by molar-refractivity contribution is 7.89. The Labute approximate surface area is 190 Å². The summed E-state index contributed by atoms with van der Waals surface area (Å²) in [6.07, 6.45) is 2.32. The third kappa shape index (κ3) is 4.35. The lowest BCUT2D eigenvalue weighted by atomic mass is 10.2. The van der Waals surface area contributed by atoms with Crippen molar-refractivity contribution >= 4 is 48.3 Å². The predicted molar refractivity (Wildman–Crippen MR) is 126 cm³/mol. The maximum absolute atomic E-state index is 14.4. The molecule has 0 radical (unpaired) electrons. The van der Waals surface area contributed by atoms with Gasteiger partial charge in [-0.25, -0.2) is 17.8 Å². The minimum absolute atomic E-state index is 0.110. The molecule has 32 heavy (non-hydrogen) atoms. The number of hydrogen-bond acceptors (Lipinski definition) is 6. The van der Waals surface area contributed by atoms with Gasteiger partial charge in [0.1, 0.15) is 5.82 Å². The lowest BCUT2D eigenvalue weighted by Gasteiger charge is -2.19. The number of sulfonamides is 1. The van der Waals surface area contributed by atoms with E-state index in [-0.39, 0.29) is 23.5 Å². The fraction of sp³-hybridized carbons (Fsp3) is 0.364. The minimum Gasteiger partial charge on any atom is -0.348 e. The highest BCUT2D eigenvalue weighted by atomic mass is 32.2. The number of aromatic nitrogens is 1. The third-order valence-electron chi connectivity index (χ3n) is 5.54. The van der Waals surface area contributed by atoms with Crippen LogP contribution in [0.1, 0.15) is 37.0 Å². The molecular weight excluding hydrogens is 451 g/mol. The Balaban J connectivity index is 1.59. The highest BCUT2D eigenvalue weighted by Gasteiger charge is 2.24. The van der Waals surface area contributed by atoms with Gasteiger partial charge in [-0.2, -0.15) is 4.31 Å². The number of fused-ring (bicyclic) bond motifs is 1. The first-order valence-corrected chi connectivity index (χ1v) is 12.9. The van der Waals surface area contributed by atoms with E-state index in [0.717, 1.165) is 53.4 Å². The molecular formula is C22H25FN4O3S2. The number of rotatable bonds is 7. The number of carbonyl (C=O) groups excluding carboxylic acids is 1. The molecule has 0 spiro atoms. The summed E-state index contributed by atoms with van der Waals surface area (Å²) in [5.41, 5.74) is 1.02. The Kier molecular flexibility index (Phi) is 6.45. The number of carbonyl (C=O) groups is 1. The summed E-state index contributed by atoms with van der Waals surface area (Å²) in [6.45, 7) is 6.01. The Morgan fingerprint density at radius 2 is 1.88 bits per heavy atom. The van der Waals surface area contributed by atoms with E-state index in [9.17, 15) is 17.6 Å². The second-order valence-corrected chi connectivity index (χ2v) is 10.5. The molecule has 0 saturated carbocycles. The number of nitrogens with zero attached hydrogens (tertiary/aromatic N) is 3. The van der Waals surface area contributed by atoms with Gasteiger partial charge in [-0.15, -0.1) is 0 Å². The van der Waals surface area contributed by atoms with Gasteiger partial charge >= 0.3 is 0 Å². The van der Waals surface area contributed by atoms with E-state index in [1.54, 1.807) is 37.3 Å². The van der Waals surface area contributed by atoms with E-state index in [1.807, 2.05) is 6.07 Å². The van der Waals surface area contributed by atoms with E-state index in [1.165, 1.54) is 10.4 Å². The van der Waals surface area contributed by atoms with Crippen LogP contribution in [0.4, 0.5) is 15.2 Å². The smallest absolute Gasteiger partial charge is 0.258 e. The molecule has 170 valence electrons. The van der Waals surface area contributed by atoms with Crippen LogP contribution in [-0.4, -0.2) is 49.8 Å². The molecule has 0 bridgehead atoms. The maximum Gasteiger partial charge on any atom is 0.258 e. The number of halogens is 1. The topological polar surface area (TPSA) is 82.6 Å². The average Bonchev–Trinajstić information content (AvgIpc) is 3.44. The summed E-state index contributed by atoms with van der Waals surface area (Å²) >= 11 is 1.55. The van der Waals surface area contributed by atoms with E-state index in [0.29, 0.717) is 5.69 Å². The highest BCUT2D eigenvalue weighted by Crippen LogP contribution is 2.32. The first-order valence-electron chi connectivity index (χ1n) is 10.6. The summed E-state index contributed by atoms with van der Waals surface area (Å²) in [4.78, 5) is 19.6. The lowest BCUT2D eigenvalue weighted by Crippen LogP contribution is -2.31. The zero-order chi connectivity index (χ0) is 22.9. The molecule has 1 aliphatic heterocycles. The van der Waals surface area contributed by atoms with Crippen molar-refractivity contribution in [3.8, 4) is 0 Å². The van der Waals surface area contributed by atoms with E-state index in [4.69, 9.17) is 0 Å². The summed E-state index contributed by atoms with van der Waals surface area (Å²) < 4.78 is 42.1. The zero-order valence-corrected chi connectivity index (χ0v) is 19.6. The first kappa shape index (κ1) is 22.6. The summed E-state index contributed by atoms with van der Waals surface area (Å²) in [5.74, 6) is -1.49. The van der Waals surface area contributed by atoms with Gasteiger partial charge in [0, 0.05) is 31.9 Å². The van der Waals surface area contributed by atoms with Gasteiger partial charge in [0.05, 0.1) is 20.7 Å². The van der Waals surface area contributed by atoms with Crippen LogP contribution >= 0.6 is 11.3 Å². The first-order chi connectivity index (χ1) is 15.3. The van der Waals surface area contributed by atoms with Crippen molar-refractivity contribution < 1.29 is 17.6 Å². The Bertz CT molecular complexity index is 1250. The van der Waals surface area contributed by atoms with Crippen LogP contribution in [-0.2, 0) is 10.0 Å². The number of thiazole rings is 1. The number of hydrogen-bond donors (Lipinski definition) is 1. The van der Waals surface area contributed by atoms with Crippen LogP contribution in [0.5, 0.6) is 0 Å². The van der Waals surface area contributed by atoms with Crippen LogP contribution in [0, 0.1) is 5.82 Å². The molecule has 7 nitrogen and oxygen atoms in total. The predicted octanol–water partition coefficient (Wildman–Crippen LogP) is 4.32. The van der Waals surface area contributed by atoms with Crippen LogP contribution in [0.25, 0.3) is 10.2 Å². The fourth-order valence-electron chi connectivity index (χ4n) is 3.78. The molecule has 1 aliphatic rings. The largest absolute Gasteiger partial charge is 0.348 e. The van der Waals surface area contributed by atoms with Gasteiger partial charge < -0.3 is 10.2 Å². The Morgan fingerprint density at radius 3 is 2.56 bits per heavy atom. The van der Waals surface area contributed by atoms with Crippen molar-refractivity contribution in [2.75, 3.05) is 36.4 Å². The lowest BCUT2D eigenvalue weighted by molar-refractivity contribution is 0.102. The van der Waals surface area contributed by atoms with Crippen LogP contribution in [0.3, 0.4) is 0 Å². The molecule has 1 N–H and O–H groups in total. The number of nitrogens with one attached hydrogen (secondary N) is 1. The zero-order valence-electron chi connectivity index (χ0n) is 18.0. The summed E-state index contributed by atoms with van der Waals surface area (Å²) in [7, 11) is -3.81. The number of anilines is 2. The van der Waals surface area contributed by atoms with Gasteiger partial charge in [-0.05, 0) is 49.2 Å². The molecule has 0 unspecified atom stereocenters.